The molecule has 0 aliphatic heterocycles. The quantitative estimate of drug-likeness (QED) is 0.754. The first-order valence-electron chi connectivity index (χ1n) is 7.01. The van der Waals surface area contributed by atoms with Crippen molar-refractivity contribution in [1.82, 2.24) is 9.97 Å². The van der Waals surface area contributed by atoms with Gasteiger partial charge in [-0.15, -0.1) is 0 Å². The predicted molar refractivity (Wildman–Crippen MR) is 84.4 cm³/mol. The lowest BCUT2D eigenvalue weighted by Gasteiger charge is -2.11. The SMILES string of the molecule is OCCNc1nc2ccccc2nc1Cc1ccccc1. The van der Waals surface area contributed by atoms with Crippen molar-refractivity contribution in [2.24, 2.45) is 0 Å². The molecule has 0 spiro atoms. The van der Waals surface area contributed by atoms with E-state index in [2.05, 4.69) is 22.4 Å². The largest absolute Gasteiger partial charge is 0.395 e. The second-order valence-electron chi connectivity index (χ2n) is 4.82. The van der Waals surface area contributed by atoms with Gasteiger partial charge in [0, 0.05) is 13.0 Å². The molecule has 2 N–H and O–H groups in total. The number of para-hydroxylation sites is 2. The summed E-state index contributed by atoms with van der Waals surface area (Å²) in [6, 6.07) is 18.0. The number of benzene rings is 2. The summed E-state index contributed by atoms with van der Waals surface area (Å²) in [4.78, 5) is 9.34. The molecule has 21 heavy (non-hydrogen) atoms. The van der Waals surface area contributed by atoms with Crippen LogP contribution in [0.5, 0.6) is 0 Å². The molecule has 1 aromatic heterocycles. The van der Waals surface area contributed by atoms with Crippen molar-refractivity contribution < 1.29 is 5.11 Å². The van der Waals surface area contributed by atoms with Gasteiger partial charge in [0.1, 0.15) is 5.82 Å². The molecule has 0 amide bonds. The van der Waals surface area contributed by atoms with Crippen molar-refractivity contribution >= 4 is 16.9 Å². The molecule has 106 valence electrons. The Labute approximate surface area is 123 Å². The van der Waals surface area contributed by atoms with Crippen LogP contribution in [-0.4, -0.2) is 28.2 Å². The summed E-state index contributed by atoms with van der Waals surface area (Å²) < 4.78 is 0. The molecule has 0 aliphatic rings. The van der Waals surface area contributed by atoms with Gasteiger partial charge >= 0.3 is 0 Å². The zero-order chi connectivity index (χ0) is 14.5. The summed E-state index contributed by atoms with van der Waals surface area (Å²) in [5, 5.41) is 12.2. The van der Waals surface area contributed by atoms with E-state index in [0.717, 1.165) is 22.5 Å². The molecule has 0 saturated carbocycles. The summed E-state index contributed by atoms with van der Waals surface area (Å²) in [5.74, 6) is 0.742. The summed E-state index contributed by atoms with van der Waals surface area (Å²) in [7, 11) is 0. The van der Waals surface area contributed by atoms with Gasteiger partial charge in [0.05, 0.1) is 23.3 Å². The Morgan fingerprint density at radius 1 is 0.857 bits per heavy atom. The zero-order valence-electron chi connectivity index (χ0n) is 11.7. The van der Waals surface area contributed by atoms with E-state index in [9.17, 15) is 0 Å². The first-order chi connectivity index (χ1) is 10.4. The van der Waals surface area contributed by atoms with Crippen LogP contribution < -0.4 is 5.32 Å². The fraction of sp³-hybridized carbons (Fsp3) is 0.176. The number of hydrogen-bond donors (Lipinski definition) is 2. The van der Waals surface area contributed by atoms with Crippen LogP contribution in [0.15, 0.2) is 54.6 Å². The molecule has 4 nitrogen and oxygen atoms in total. The number of nitrogens with one attached hydrogen (secondary N) is 1. The highest BCUT2D eigenvalue weighted by Crippen LogP contribution is 2.19. The number of hydrogen-bond acceptors (Lipinski definition) is 4. The number of aromatic nitrogens is 2. The number of aliphatic hydroxyl groups excluding tert-OH is 1. The van der Waals surface area contributed by atoms with Gasteiger partial charge in [-0.2, -0.15) is 0 Å². The maximum Gasteiger partial charge on any atom is 0.148 e. The van der Waals surface area contributed by atoms with Crippen LogP contribution in [0.3, 0.4) is 0 Å². The fourth-order valence-electron chi connectivity index (χ4n) is 2.26. The van der Waals surface area contributed by atoms with Gasteiger partial charge in [-0.1, -0.05) is 42.5 Å². The molecule has 0 unspecified atom stereocenters. The second-order valence-corrected chi connectivity index (χ2v) is 4.82. The maximum atomic E-state index is 9.01. The monoisotopic (exact) mass is 279 g/mol. The lowest BCUT2D eigenvalue weighted by Crippen LogP contribution is -2.11. The Balaban J connectivity index is 2.01. The molecule has 3 aromatic rings. The first kappa shape index (κ1) is 13.5. The average Bonchev–Trinajstić information content (AvgIpc) is 2.54. The number of rotatable bonds is 5. The summed E-state index contributed by atoms with van der Waals surface area (Å²) >= 11 is 0. The van der Waals surface area contributed by atoms with Gasteiger partial charge in [0.15, 0.2) is 0 Å². The topological polar surface area (TPSA) is 58.0 Å². The zero-order valence-corrected chi connectivity index (χ0v) is 11.7. The van der Waals surface area contributed by atoms with Gasteiger partial charge in [-0.25, -0.2) is 9.97 Å². The van der Waals surface area contributed by atoms with Crippen molar-refractivity contribution in [2.75, 3.05) is 18.5 Å². The molecule has 2 aromatic carbocycles. The second kappa shape index (κ2) is 6.33. The van der Waals surface area contributed by atoms with Crippen LogP contribution >= 0.6 is 0 Å². The average molecular weight is 279 g/mol. The molecule has 4 heteroatoms. The molecule has 3 rings (SSSR count). The Kier molecular flexibility index (Phi) is 4.07. The predicted octanol–water partition coefficient (Wildman–Crippen LogP) is 2.62. The van der Waals surface area contributed by atoms with Crippen molar-refractivity contribution in [3.8, 4) is 0 Å². The highest BCUT2D eigenvalue weighted by molar-refractivity contribution is 5.76. The van der Waals surface area contributed by atoms with E-state index in [4.69, 9.17) is 10.1 Å². The van der Waals surface area contributed by atoms with Crippen molar-refractivity contribution in [1.29, 1.82) is 0 Å². The molecule has 1 heterocycles. The Bertz CT molecular complexity index is 728. The minimum atomic E-state index is 0.0687. The maximum absolute atomic E-state index is 9.01. The van der Waals surface area contributed by atoms with Crippen molar-refractivity contribution in [2.45, 2.75) is 6.42 Å². The third-order valence-electron chi connectivity index (χ3n) is 3.26. The molecule has 0 aliphatic carbocycles. The third-order valence-corrected chi connectivity index (χ3v) is 3.26. The van der Waals surface area contributed by atoms with Gasteiger partial charge < -0.3 is 10.4 Å². The van der Waals surface area contributed by atoms with Crippen LogP contribution in [0.25, 0.3) is 11.0 Å². The first-order valence-corrected chi connectivity index (χ1v) is 7.01. The molecule has 0 atom stereocenters. The van der Waals surface area contributed by atoms with Gasteiger partial charge in [0.25, 0.3) is 0 Å². The van der Waals surface area contributed by atoms with Crippen molar-refractivity contribution in [3.05, 3.63) is 65.9 Å². The Morgan fingerprint density at radius 2 is 1.52 bits per heavy atom. The summed E-state index contributed by atoms with van der Waals surface area (Å²) in [6.07, 6.45) is 0.715. The number of fused-ring (bicyclic) bond motifs is 1. The van der Waals surface area contributed by atoms with Crippen LogP contribution in [0.4, 0.5) is 5.82 Å². The van der Waals surface area contributed by atoms with E-state index < -0.39 is 0 Å². The molecule has 0 bridgehead atoms. The number of anilines is 1. The van der Waals surface area contributed by atoms with Crippen LogP contribution in [0.1, 0.15) is 11.3 Å². The molecule has 0 radical (unpaired) electrons. The fourth-order valence-corrected chi connectivity index (χ4v) is 2.26. The minimum absolute atomic E-state index is 0.0687. The molecular formula is C17H17N3O. The normalized spacial score (nSPS) is 10.7. The van der Waals surface area contributed by atoms with Gasteiger partial charge in [-0.05, 0) is 17.7 Å². The van der Waals surface area contributed by atoms with Crippen LogP contribution in [0.2, 0.25) is 0 Å². The smallest absolute Gasteiger partial charge is 0.148 e. The van der Waals surface area contributed by atoms with E-state index in [1.54, 1.807) is 0 Å². The summed E-state index contributed by atoms with van der Waals surface area (Å²) in [6.45, 7) is 0.536. The van der Waals surface area contributed by atoms with E-state index in [1.165, 1.54) is 5.56 Å². The Morgan fingerprint density at radius 3 is 2.24 bits per heavy atom. The minimum Gasteiger partial charge on any atom is -0.395 e. The molecule has 0 saturated heterocycles. The highest BCUT2D eigenvalue weighted by atomic mass is 16.3. The standard InChI is InChI=1S/C17H17N3O/c21-11-10-18-17-16(12-13-6-2-1-3-7-13)19-14-8-4-5-9-15(14)20-17/h1-9,21H,10-12H2,(H,18,20). The lowest BCUT2D eigenvalue weighted by atomic mass is 10.1. The van der Waals surface area contributed by atoms with Gasteiger partial charge in [-0.3, -0.25) is 0 Å². The van der Waals surface area contributed by atoms with Crippen LogP contribution in [-0.2, 0) is 6.42 Å². The van der Waals surface area contributed by atoms with Crippen molar-refractivity contribution in [3.63, 3.8) is 0 Å². The highest BCUT2D eigenvalue weighted by Gasteiger charge is 2.09. The molecular weight excluding hydrogens is 262 g/mol. The number of nitrogens with zero attached hydrogens (tertiary/aromatic N) is 2. The van der Waals surface area contributed by atoms with E-state index in [0.29, 0.717) is 13.0 Å². The van der Waals surface area contributed by atoms with Gasteiger partial charge in [0.2, 0.25) is 0 Å². The summed E-state index contributed by atoms with van der Waals surface area (Å²) in [5.41, 5.74) is 3.83. The lowest BCUT2D eigenvalue weighted by molar-refractivity contribution is 0.311. The van der Waals surface area contributed by atoms with Crippen LogP contribution in [0, 0.1) is 0 Å². The van der Waals surface area contributed by atoms with E-state index in [-0.39, 0.29) is 6.61 Å². The Hall–Kier alpha value is -2.46. The van der Waals surface area contributed by atoms with E-state index in [1.807, 2.05) is 42.5 Å². The third kappa shape index (κ3) is 3.17. The molecule has 0 fully saturated rings. The van der Waals surface area contributed by atoms with E-state index >= 15 is 0 Å². The number of aliphatic hydroxyl groups is 1.